The third-order valence-corrected chi connectivity index (χ3v) is 5.40. The van der Waals surface area contributed by atoms with Crippen LogP contribution in [0, 0.1) is 0 Å². The third-order valence-electron chi connectivity index (χ3n) is 4.34. The van der Waals surface area contributed by atoms with E-state index in [1.165, 1.54) is 45.3 Å². The molecule has 6 nitrogen and oxygen atoms in total. The second-order valence-corrected chi connectivity index (χ2v) is 7.39. The van der Waals surface area contributed by atoms with E-state index in [0.717, 1.165) is 16.8 Å². The van der Waals surface area contributed by atoms with Crippen LogP contribution in [0.4, 0.5) is 5.13 Å². The van der Waals surface area contributed by atoms with E-state index >= 15 is 0 Å². The Hall–Kier alpha value is -1.34. The molecule has 1 aromatic rings. The summed E-state index contributed by atoms with van der Waals surface area (Å²) in [5.41, 5.74) is 1.06. The van der Waals surface area contributed by atoms with Crippen LogP contribution in [0.1, 0.15) is 38.3 Å². The predicted molar refractivity (Wildman–Crippen MR) is 104 cm³/mol. The zero-order valence-electron chi connectivity index (χ0n) is 15.5. The van der Waals surface area contributed by atoms with Crippen molar-refractivity contribution in [2.24, 2.45) is 4.99 Å². The monoisotopic (exact) mass is 352 g/mol. The van der Waals surface area contributed by atoms with Crippen LogP contribution in [0.5, 0.6) is 0 Å². The van der Waals surface area contributed by atoms with Crippen molar-refractivity contribution < 1.29 is 0 Å². The Labute approximate surface area is 150 Å². The summed E-state index contributed by atoms with van der Waals surface area (Å²) in [5, 5.41) is 10.1. The number of hydrogen-bond acceptors (Lipinski definition) is 5. The van der Waals surface area contributed by atoms with Gasteiger partial charge in [-0.1, -0.05) is 13.3 Å². The molecule has 0 aromatic carbocycles. The molecular formula is C17H32N6S. The van der Waals surface area contributed by atoms with Gasteiger partial charge in [0.05, 0.1) is 12.2 Å². The lowest BCUT2D eigenvalue weighted by atomic mass is 10.0. The van der Waals surface area contributed by atoms with Gasteiger partial charge in [0.15, 0.2) is 11.1 Å². The fraction of sp³-hybridized carbons (Fsp3) is 0.765. The van der Waals surface area contributed by atoms with Gasteiger partial charge in [-0.05, 0) is 25.8 Å². The van der Waals surface area contributed by atoms with E-state index in [2.05, 4.69) is 37.8 Å². The molecule has 24 heavy (non-hydrogen) atoms. The average Bonchev–Trinajstić information content (AvgIpc) is 3.07. The molecule has 1 saturated heterocycles. The molecule has 7 heteroatoms. The van der Waals surface area contributed by atoms with Gasteiger partial charge in [-0.2, -0.15) is 0 Å². The highest BCUT2D eigenvalue weighted by Crippen LogP contribution is 2.17. The topological polar surface area (TPSA) is 55.8 Å². The van der Waals surface area contributed by atoms with Gasteiger partial charge in [0.1, 0.15) is 0 Å². The summed E-state index contributed by atoms with van der Waals surface area (Å²) in [6.45, 7) is 6.58. The van der Waals surface area contributed by atoms with Crippen LogP contribution in [0.2, 0.25) is 0 Å². The molecule has 0 spiro atoms. The molecule has 0 unspecified atom stereocenters. The second kappa shape index (κ2) is 9.84. The Morgan fingerprint density at radius 3 is 2.75 bits per heavy atom. The fourth-order valence-electron chi connectivity index (χ4n) is 2.83. The van der Waals surface area contributed by atoms with E-state index in [1.54, 1.807) is 11.3 Å². The van der Waals surface area contributed by atoms with Crippen LogP contribution in [0.15, 0.2) is 10.4 Å². The van der Waals surface area contributed by atoms with E-state index in [4.69, 9.17) is 0 Å². The number of anilines is 1. The number of rotatable bonds is 7. The highest BCUT2D eigenvalue weighted by Gasteiger charge is 2.19. The van der Waals surface area contributed by atoms with Crippen LogP contribution in [0.25, 0.3) is 0 Å². The number of thiazole rings is 1. The zero-order valence-corrected chi connectivity index (χ0v) is 16.3. The van der Waals surface area contributed by atoms with Crippen molar-refractivity contribution in [3.63, 3.8) is 0 Å². The largest absolute Gasteiger partial charge is 0.354 e. The zero-order chi connectivity index (χ0) is 17.4. The lowest BCUT2D eigenvalue weighted by Crippen LogP contribution is -2.48. The number of unbranched alkanes of at least 4 members (excludes halogenated alkanes) is 1. The second-order valence-electron chi connectivity index (χ2n) is 6.56. The first kappa shape index (κ1) is 19.0. The summed E-state index contributed by atoms with van der Waals surface area (Å²) in [6.07, 6.45) is 4.96. The Morgan fingerprint density at radius 1 is 1.42 bits per heavy atom. The van der Waals surface area contributed by atoms with E-state index in [0.29, 0.717) is 12.6 Å². The van der Waals surface area contributed by atoms with Gasteiger partial charge in [0.2, 0.25) is 0 Å². The first-order chi connectivity index (χ1) is 11.6. The molecule has 1 aliphatic rings. The van der Waals surface area contributed by atoms with Crippen molar-refractivity contribution in [1.29, 1.82) is 0 Å². The van der Waals surface area contributed by atoms with Crippen LogP contribution in [-0.4, -0.2) is 62.7 Å². The minimum absolute atomic E-state index is 0.516. The Balaban J connectivity index is 1.72. The maximum atomic E-state index is 4.59. The van der Waals surface area contributed by atoms with E-state index < -0.39 is 0 Å². The summed E-state index contributed by atoms with van der Waals surface area (Å²) in [5.74, 6) is 0.876. The van der Waals surface area contributed by atoms with Crippen LogP contribution in [0.3, 0.4) is 0 Å². The first-order valence-corrected chi connectivity index (χ1v) is 9.81. The molecule has 0 aliphatic carbocycles. The highest BCUT2D eigenvalue weighted by atomic mass is 32.1. The normalized spacial score (nSPS) is 17.1. The van der Waals surface area contributed by atoms with Crippen LogP contribution >= 0.6 is 11.3 Å². The van der Waals surface area contributed by atoms with Crippen LogP contribution in [-0.2, 0) is 6.54 Å². The molecule has 0 amide bonds. The summed E-state index contributed by atoms with van der Waals surface area (Å²) in [6, 6.07) is 0.516. The molecule has 0 radical (unpaired) electrons. The maximum Gasteiger partial charge on any atom is 0.191 e. The lowest BCUT2D eigenvalue weighted by molar-refractivity contribution is 0.203. The predicted octanol–water partition coefficient (Wildman–Crippen LogP) is 2.14. The lowest BCUT2D eigenvalue weighted by Gasteiger charge is -2.33. The Bertz CT molecular complexity index is 505. The SMILES string of the molecule is CCCCN1CCC(NC(=NC)NCc2csc(N(C)C)n2)CC1. The summed E-state index contributed by atoms with van der Waals surface area (Å²) in [4.78, 5) is 13.6. The molecule has 2 N–H and O–H groups in total. The van der Waals surface area contributed by atoms with Crippen molar-refractivity contribution >= 4 is 22.4 Å². The molecule has 0 bridgehead atoms. The number of hydrogen-bond donors (Lipinski definition) is 2. The Kier molecular flexibility index (Phi) is 7.78. The van der Waals surface area contributed by atoms with Crippen molar-refractivity contribution in [2.75, 3.05) is 45.7 Å². The minimum atomic E-state index is 0.516. The molecule has 1 aliphatic heterocycles. The van der Waals surface area contributed by atoms with Crippen molar-refractivity contribution in [3.8, 4) is 0 Å². The highest BCUT2D eigenvalue weighted by molar-refractivity contribution is 7.13. The van der Waals surface area contributed by atoms with E-state index in [9.17, 15) is 0 Å². The molecule has 0 atom stereocenters. The van der Waals surface area contributed by atoms with Gasteiger partial charge in [-0.3, -0.25) is 4.99 Å². The number of aromatic nitrogens is 1. The van der Waals surface area contributed by atoms with Gasteiger partial charge in [0.25, 0.3) is 0 Å². The third kappa shape index (κ3) is 5.94. The fourth-order valence-corrected chi connectivity index (χ4v) is 3.59. The number of guanidine groups is 1. The van der Waals surface area contributed by atoms with E-state index in [-0.39, 0.29) is 0 Å². The van der Waals surface area contributed by atoms with Crippen molar-refractivity contribution in [2.45, 2.75) is 45.2 Å². The number of piperidine rings is 1. The van der Waals surface area contributed by atoms with Crippen LogP contribution < -0.4 is 15.5 Å². The molecule has 1 fully saturated rings. The van der Waals surface area contributed by atoms with Gasteiger partial charge in [-0.15, -0.1) is 11.3 Å². The van der Waals surface area contributed by atoms with Crippen molar-refractivity contribution in [3.05, 3.63) is 11.1 Å². The Morgan fingerprint density at radius 2 is 2.17 bits per heavy atom. The summed E-state index contributed by atoms with van der Waals surface area (Å²) < 4.78 is 0. The summed E-state index contributed by atoms with van der Waals surface area (Å²) >= 11 is 1.67. The molecule has 0 saturated carbocycles. The quantitative estimate of drug-likeness (QED) is 0.582. The molecule has 1 aromatic heterocycles. The molecule has 136 valence electrons. The minimum Gasteiger partial charge on any atom is -0.354 e. The molecular weight excluding hydrogens is 320 g/mol. The maximum absolute atomic E-state index is 4.59. The van der Waals surface area contributed by atoms with Crippen molar-refractivity contribution in [1.82, 2.24) is 20.5 Å². The van der Waals surface area contributed by atoms with Gasteiger partial charge < -0.3 is 20.4 Å². The number of nitrogens with zero attached hydrogens (tertiary/aromatic N) is 4. The standard InChI is InChI=1S/C17H32N6S/c1-5-6-9-23-10-7-14(8-11-23)20-16(18-2)19-12-15-13-24-17(21-15)22(3)4/h13-14H,5-12H2,1-4H3,(H2,18,19,20). The van der Waals surface area contributed by atoms with Gasteiger partial charge in [-0.25, -0.2) is 4.98 Å². The van der Waals surface area contributed by atoms with Gasteiger partial charge >= 0.3 is 0 Å². The molecule has 2 heterocycles. The summed E-state index contributed by atoms with van der Waals surface area (Å²) in [7, 11) is 5.87. The number of nitrogens with one attached hydrogen (secondary N) is 2. The molecule has 2 rings (SSSR count). The first-order valence-electron chi connectivity index (χ1n) is 8.93. The average molecular weight is 353 g/mol. The van der Waals surface area contributed by atoms with Gasteiger partial charge in [0, 0.05) is 45.7 Å². The van der Waals surface area contributed by atoms with E-state index in [1.807, 2.05) is 26.0 Å². The number of likely N-dealkylation sites (tertiary alicyclic amines) is 1. The smallest absolute Gasteiger partial charge is 0.191 e. The number of aliphatic imine (C=N–C) groups is 1.